The van der Waals surface area contributed by atoms with Gasteiger partial charge in [0.25, 0.3) is 0 Å². The Hall–Kier alpha value is -0.120. The van der Waals surface area contributed by atoms with Crippen molar-refractivity contribution in [2.24, 2.45) is 0 Å². The SMILES string of the molecule is OCCCOC1CCCCN(C2CC2)C1. The van der Waals surface area contributed by atoms with Crippen LogP contribution in [0.15, 0.2) is 0 Å². The Morgan fingerprint density at radius 1 is 1.20 bits per heavy atom. The van der Waals surface area contributed by atoms with Gasteiger partial charge in [0.05, 0.1) is 6.10 Å². The lowest BCUT2D eigenvalue weighted by atomic mass is 10.2. The van der Waals surface area contributed by atoms with Crippen molar-refractivity contribution in [3.8, 4) is 0 Å². The fourth-order valence-corrected chi connectivity index (χ4v) is 2.35. The van der Waals surface area contributed by atoms with E-state index in [1.165, 1.54) is 38.6 Å². The third-order valence-electron chi connectivity index (χ3n) is 3.38. The minimum Gasteiger partial charge on any atom is -0.396 e. The van der Waals surface area contributed by atoms with Gasteiger partial charge in [-0.3, -0.25) is 4.90 Å². The molecule has 15 heavy (non-hydrogen) atoms. The number of ether oxygens (including phenoxy) is 1. The first kappa shape index (κ1) is 11.4. The largest absolute Gasteiger partial charge is 0.396 e. The maximum absolute atomic E-state index is 8.71. The number of aliphatic hydroxyl groups is 1. The first-order chi connectivity index (χ1) is 7.40. The van der Waals surface area contributed by atoms with Gasteiger partial charge < -0.3 is 9.84 Å². The molecule has 0 radical (unpaired) electrons. The van der Waals surface area contributed by atoms with Crippen LogP contribution >= 0.6 is 0 Å². The highest BCUT2D eigenvalue weighted by Gasteiger charge is 2.31. The van der Waals surface area contributed by atoms with Crippen LogP contribution in [0.5, 0.6) is 0 Å². The van der Waals surface area contributed by atoms with Crippen molar-refractivity contribution in [3.05, 3.63) is 0 Å². The van der Waals surface area contributed by atoms with Crippen molar-refractivity contribution in [3.63, 3.8) is 0 Å². The van der Waals surface area contributed by atoms with Crippen molar-refractivity contribution < 1.29 is 9.84 Å². The van der Waals surface area contributed by atoms with Gasteiger partial charge in [-0.15, -0.1) is 0 Å². The van der Waals surface area contributed by atoms with Gasteiger partial charge in [0.1, 0.15) is 0 Å². The molecule has 2 aliphatic rings. The van der Waals surface area contributed by atoms with E-state index in [0.29, 0.717) is 6.10 Å². The van der Waals surface area contributed by atoms with Crippen molar-refractivity contribution in [2.45, 2.75) is 50.7 Å². The van der Waals surface area contributed by atoms with E-state index in [1.807, 2.05) is 0 Å². The second-order valence-corrected chi connectivity index (χ2v) is 4.79. The third kappa shape index (κ3) is 3.74. The summed E-state index contributed by atoms with van der Waals surface area (Å²) in [6.07, 6.45) is 7.81. The fourth-order valence-electron chi connectivity index (χ4n) is 2.35. The topological polar surface area (TPSA) is 32.7 Å². The summed E-state index contributed by atoms with van der Waals surface area (Å²) in [4.78, 5) is 2.61. The molecule has 1 heterocycles. The smallest absolute Gasteiger partial charge is 0.0702 e. The van der Waals surface area contributed by atoms with E-state index in [4.69, 9.17) is 9.84 Å². The second-order valence-electron chi connectivity index (χ2n) is 4.79. The van der Waals surface area contributed by atoms with Gasteiger partial charge in [0, 0.05) is 25.8 Å². The van der Waals surface area contributed by atoms with Crippen LogP contribution in [0.25, 0.3) is 0 Å². The van der Waals surface area contributed by atoms with E-state index in [-0.39, 0.29) is 6.61 Å². The Balaban J connectivity index is 1.71. The van der Waals surface area contributed by atoms with Crippen LogP contribution < -0.4 is 0 Å². The standard InChI is InChI=1S/C12H23NO2/c14-8-3-9-15-12-4-1-2-7-13(10-12)11-5-6-11/h11-12,14H,1-10H2. The summed E-state index contributed by atoms with van der Waals surface area (Å²) < 4.78 is 5.81. The highest BCUT2D eigenvalue weighted by molar-refractivity contribution is 4.87. The molecule has 1 aliphatic heterocycles. The Bertz CT molecular complexity index is 182. The molecule has 0 bridgehead atoms. The minimum atomic E-state index is 0.249. The van der Waals surface area contributed by atoms with Gasteiger partial charge in [-0.1, -0.05) is 0 Å². The number of likely N-dealkylation sites (tertiary alicyclic amines) is 1. The summed E-state index contributed by atoms with van der Waals surface area (Å²) in [5.41, 5.74) is 0. The van der Waals surface area contributed by atoms with Crippen molar-refractivity contribution >= 4 is 0 Å². The van der Waals surface area contributed by atoms with Crippen LogP contribution in [-0.4, -0.2) is 48.5 Å². The highest BCUT2D eigenvalue weighted by atomic mass is 16.5. The fraction of sp³-hybridized carbons (Fsp3) is 1.00. The lowest BCUT2D eigenvalue weighted by Gasteiger charge is -2.24. The Labute approximate surface area is 92.4 Å². The van der Waals surface area contributed by atoms with Gasteiger partial charge in [-0.25, -0.2) is 0 Å². The van der Waals surface area contributed by atoms with Crippen molar-refractivity contribution in [1.82, 2.24) is 4.90 Å². The van der Waals surface area contributed by atoms with Crippen LogP contribution in [0.1, 0.15) is 38.5 Å². The van der Waals surface area contributed by atoms with E-state index in [9.17, 15) is 0 Å². The molecule has 2 rings (SSSR count). The van der Waals surface area contributed by atoms with E-state index in [0.717, 1.165) is 25.6 Å². The van der Waals surface area contributed by atoms with Crippen molar-refractivity contribution in [2.75, 3.05) is 26.3 Å². The molecule has 0 aromatic heterocycles. The van der Waals surface area contributed by atoms with Crippen molar-refractivity contribution in [1.29, 1.82) is 0 Å². The average molecular weight is 213 g/mol. The Morgan fingerprint density at radius 3 is 2.80 bits per heavy atom. The zero-order chi connectivity index (χ0) is 10.5. The molecular weight excluding hydrogens is 190 g/mol. The normalized spacial score (nSPS) is 29.0. The number of hydrogen-bond acceptors (Lipinski definition) is 3. The summed E-state index contributed by atoms with van der Waals surface area (Å²) >= 11 is 0. The molecule has 1 unspecified atom stereocenters. The first-order valence-electron chi connectivity index (χ1n) is 6.36. The number of rotatable bonds is 5. The molecule has 0 aromatic rings. The molecule has 1 saturated carbocycles. The van der Waals surface area contributed by atoms with E-state index < -0.39 is 0 Å². The molecule has 1 saturated heterocycles. The predicted octanol–water partition coefficient (Wildman–Crippen LogP) is 1.40. The maximum Gasteiger partial charge on any atom is 0.0702 e. The zero-order valence-corrected chi connectivity index (χ0v) is 9.53. The van der Waals surface area contributed by atoms with E-state index in [2.05, 4.69) is 4.90 Å². The Morgan fingerprint density at radius 2 is 2.07 bits per heavy atom. The molecule has 1 aliphatic carbocycles. The molecule has 0 aromatic carbocycles. The molecule has 88 valence electrons. The van der Waals surface area contributed by atoms with Crippen LogP contribution in [0.3, 0.4) is 0 Å². The number of nitrogens with zero attached hydrogens (tertiary/aromatic N) is 1. The van der Waals surface area contributed by atoms with Gasteiger partial charge in [-0.05, 0) is 45.1 Å². The van der Waals surface area contributed by atoms with Crippen LogP contribution in [0.2, 0.25) is 0 Å². The highest BCUT2D eigenvalue weighted by Crippen LogP contribution is 2.29. The summed E-state index contributed by atoms with van der Waals surface area (Å²) in [5, 5.41) is 8.71. The number of aliphatic hydroxyl groups excluding tert-OH is 1. The molecule has 2 fully saturated rings. The van der Waals surface area contributed by atoms with Gasteiger partial charge >= 0.3 is 0 Å². The van der Waals surface area contributed by atoms with Gasteiger partial charge in [-0.2, -0.15) is 0 Å². The first-order valence-corrected chi connectivity index (χ1v) is 6.36. The number of hydrogen-bond donors (Lipinski definition) is 1. The van der Waals surface area contributed by atoms with Crippen LogP contribution in [-0.2, 0) is 4.74 Å². The van der Waals surface area contributed by atoms with Gasteiger partial charge in [0.15, 0.2) is 0 Å². The quantitative estimate of drug-likeness (QED) is 0.701. The maximum atomic E-state index is 8.71. The molecule has 1 N–H and O–H groups in total. The summed E-state index contributed by atoms with van der Waals surface area (Å²) in [5.74, 6) is 0. The molecule has 1 atom stereocenters. The average Bonchev–Trinajstić information content (AvgIpc) is 3.05. The molecule has 0 spiro atoms. The molecule has 3 nitrogen and oxygen atoms in total. The Kier molecular flexibility index (Phi) is 4.42. The van der Waals surface area contributed by atoms with E-state index >= 15 is 0 Å². The third-order valence-corrected chi connectivity index (χ3v) is 3.38. The lowest BCUT2D eigenvalue weighted by Crippen LogP contribution is -2.34. The van der Waals surface area contributed by atoms with E-state index in [1.54, 1.807) is 0 Å². The second kappa shape index (κ2) is 5.83. The van der Waals surface area contributed by atoms with Crippen LogP contribution in [0, 0.1) is 0 Å². The predicted molar refractivity (Wildman–Crippen MR) is 59.9 cm³/mol. The summed E-state index contributed by atoms with van der Waals surface area (Å²) in [7, 11) is 0. The minimum absolute atomic E-state index is 0.249. The lowest BCUT2D eigenvalue weighted by molar-refractivity contribution is 0.0208. The molecule has 0 amide bonds. The zero-order valence-electron chi connectivity index (χ0n) is 9.53. The van der Waals surface area contributed by atoms with Gasteiger partial charge in [0.2, 0.25) is 0 Å². The van der Waals surface area contributed by atoms with Crippen LogP contribution in [0.4, 0.5) is 0 Å². The molecular formula is C12H23NO2. The molecule has 3 heteroatoms. The summed E-state index contributed by atoms with van der Waals surface area (Å²) in [6.45, 7) is 3.36. The summed E-state index contributed by atoms with van der Waals surface area (Å²) in [6, 6.07) is 0.868. The monoisotopic (exact) mass is 213 g/mol.